The largest absolute Gasteiger partial charge is 0.480 e. The zero-order valence-electron chi connectivity index (χ0n) is 11.6. The lowest BCUT2D eigenvalue weighted by molar-refractivity contribution is 0.377. The summed E-state index contributed by atoms with van der Waals surface area (Å²) in [4.78, 5) is 8.50. The van der Waals surface area contributed by atoms with Gasteiger partial charge in [-0.05, 0) is 30.7 Å². The van der Waals surface area contributed by atoms with Gasteiger partial charge in [-0.2, -0.15) is 0 Å². The molecule has 1 aromatic carbocycles. The van der Waals surface area contributed by atoms with E-state index in [4.69, 9.17) is 4.74 Å². The van der Waals surface area contributed by atoms with Crippen molar-refractivity contribution in [2.45, 2.75) is 19.4 Å². The Morgan fingerprint density at radius 2 is 2.10 bits per heavy atom. The van der Waals surface area contributed by atoms with Gasteiger partial charge in [0.25, 0.3) is 0 Å². The number of nitrogens with one attached hydrogen (secondary N) is 1. The van der Waals surface area contributed by atoms with Crippen LogP contribution in [0.25, 0.3) is 0 Å². The molecule has 0 spiro atoms. The Hall–Kier alpha value is -2.01. The van der Waals surface area contributed by atoms with Crippen LogP contribution >= 0.6 is 0 Å². The van der Waals surface area contributed by atoms with Gasteiger partial charge in [-0.15, -0.1) is 0 Å². The number of ether oxygens (including phenoxy) is 1. The highest BCUT2D eigenvalue weighted by atomic mass is 19.1. The molecule has 0 aliphatic carbocycles. The minimum absolute atomic E-state index is 0.0644. The van der Waals surface area contributed by atoms with Gasteiger partial charge in [0.05, 0.1) is 13.2 Å². The molecule has 1 N–H and O–H groups in total. The van der Waals surface area contributed by atoms with Crippen LogP contribution in [0, 0.1) is 5.82 Å². The number of benzene rings is 1. The highest BCUT2D eigenvalue weighted by Gasteiger charge is 2.18. The lowest BCUT2D eigenvalue weighted by Crippen LogP contribution is -2.24. The van der Waals surface area contributed by atoms with Crippen molar-refractivity contribution in [1.29, 1.82) is 0 Å². The summed E-state index contributed by atoms with van der Waals surface area (Å²) in [6.45, 7) is 2.79. The van der Waals surface area contributed by atoms with Gasteiger partial charge < -0.3 is 10.1 Å². The molecule has 0 saturated carbocycles. The number of aromatic nitrogens is 2. The topological polar surface area (TPSA) is 47.0 Å². The van der Waals surface area contributed by atoms with E-state index < -0.39 is 0 Å². The second-order valence-electron chi connectivity index (χ2n) is 4.40. The summed E-state index contributed by atoms with van der Waals surface area (Å²) in [5.41, 5.74) is 1.64. The minimum atomic E-state index is -0.233. The predicted molar refractivity (Wildman–Crippen MR) is 75.1 cm³/mol. The first-order chi connectivity index (χ1) is 9.74. The zero-order chi connectivity index (χ0) is 14.4. The first kappa shape index (κ1) is 14.4. The molecular weight excluding hydrogens is 257 g/mol. The number of nitrogens with zero attached hydrogens (tertiary/aromatic N) is 2. The zero-order valence-corrected chi connectivity index (χ0v) is 11.6. The van der Waals surface area contributed by atoms with Crippen molar-refractivity contribution >= 4 is 0 Å². The molecule has 1 aromatic heterocycles. The molecule has 1 unspecified atom stereocenters. The van der Waals surface area contributed by atoms with E-state index in [1.807, 2.05) is 13.0 Å². The van der Waals surface area contributed by atoms with Crippen LogP contribution in [0.1, 0.15) is 24.2 Å². The molecule has 0 aliphatic rings. The first-order valence-corrected chi connectivity index (χ1v) is 6.57. The van der Waals surface area contributed by atoms with Gasteiger partial charge in [0.2, 0.25) is 5.88 Å². The van der Waals surface area contributed by atoms with Crippen molar-refractivity contribution in [2.75, 3.05) is 13.7 Å². The van der Waals surface area contributed by atoms with E-state index in [1.54, 1.807) is 25.6 Å². The quantitative estimate of drug-likeness (QED) is 0.880. The van der Waals surface area contributed by atoms with Gasteiger partial charge in [0.15, 0.2) is 0 Å². The highest BCUT2D eigenvalue weighted by molar-refractivity contribution is 5.25. The Balaban J connectivity index is 2.26. The Bertz CT molecular complexity index is 562. The summed E-state index contributed by atoms with van der Waals surface area (Å²) in [5, 5.41) is 3.34. The van der Waals surface area contributed by atoms with Crippen molar-refractivity contribution in [1.82, 2.24) is 15.3 Å². The number of halogens is 1. The van der Waals surface area contributed by atoms with Gasteiger partial charge >= 0.3 is 0 Å². The van der Waals surface area contributed by atoms with Gasteiger partial charge in [0, 0.05) is 12.4 Å². The Kier molecular flexibility index (Phi) is 5.01. The highest BCUT2D eigenvalue weighted by Crippen LogP contribution is 2.23. The molecule has 106 valence electrons. The lowest BCUT2D eigenvalue weighted by atomic mass is 10.0. The molecule has 0 amide bonds. The molecule has 2 aromatic rings. The monoisotopic (exact) mass is 275 g/mol. The maximum atomic E-state index is 13.3. The van der Waals surface area contributed by atoms with Crippen LogP contribution in [0.2, 0.25) is 0 Å². The van der Waals surface area contributed by atoms with E-state index in [0.717, 1.165) is 17.8 Å². The van der Waals surface area contributed by atoms with Crippen LogP contribution in [-0.2, 0) is 6.42 Å². The second-order valence-corrected chi connectivity index (χ2v) is 4.40. The number of rotatable bonds is 6. The van der Waals surface area contributed by atoms with Gasteiger partial charge in [0.1, 0.15) is 11.5 Å². The molecule has 5 heteroatoms. The Labute approximate surface area is 118 Å². The number of likely N-dealkylation sites (N-methyl/N-ethyl adjacent to an activating group) is 1. The van der Waals surface area contributed by atoms with Gasteiger partial charge in [-0.1, -0.05) is 19.1 Å². The normalized spacial score (nSPS) is 12.2. The molecule has 0 aliphatic heterocycles. The van der Waals surface area contributed by atoms with Crippen molar-refractivity contribution in [2.24, 2.45) is 0 Å². The van der Waals surface area contributed by atoms with E-state index in [-0.39, 0.29) is 11.9 Å². The second kappa shape index (κ2) is 6.96. The maximum absolute atomic E-state index is 13.3. The van der Waals surface area contributed by atoms with Crippen molar-refractivity contribution < 1.29 is 9.13 Å². The number of methoxy groups -OCH3 is 1. The molecule has 4 nitrogen and oxygen atoms in total. The standard InChI is InChI=1S/C15H18FN3O/c1-3-17-13(10-11-5-4-6-12(16)9-11)14-15(20-2)19-8-7-18-14/h4-9,13,17H,3,10H2,1-2H3. The SMILES string of the molecule is CCNC(Cc1cccc(F)c1)c1nccnc1OC. The molecule has 0 saturated heterocycles. The van der Waals surface area contributed by atoms with Gasteiger partial charge in [-0.25, -0.2) is 9.37 Å². The smallest absolute Gasteiger partial charge is 0.237 e. The third-order valence-corrected chi connectivity index (χ3v) is 2.99. The van der Waals surface area contributed by atoms with E-state index in [9.17, 15) is 4.39 Å². The molecule has 0 bridgehead atoms. The fraction of sp³-hybridized carbons (Fsp3) is 0.333. The van der Waals surface area contributed by atoms with Crippen molar-refractivity contribution in [3.8, 4) is 5.88 Å². The summed E-state index contributed by atoms with van der Waals surface area (Å²) < 4.78 is 18.5. The molecule has 20 heavy (non-hydrogen) atoms. The molecular formula is C15H18FN3O. The third kappa shape index (κ3) is 3.51. The van der Waals surface area contributed by atoms with Crippen LogP contribution < -0.4 is 10.1 Å². The van der Waals surface area contributed by atoms with E-state index >= 15 is 0 Å². The predicted octanol–water partition coefficient (Wildman–Crippen LogP) is 2.52. The third-order valence-electron chi connectivity index (χ3n) is 2.99. The van der Waals surface area contributed by atoms with Crippen LogP contribution in [0.4, 0.5) is 4.39 Å². The van der Waals surface area contributed by atoms with Crippen LogP contribution in [0.5, 0.6) is 5.88 Å². The Morgan fingerprint density at radius 3 is 2.80 bits per heavy atom. The van der Waals surface area contributed by atoms with E-state index in [0.29, 0.717) is 12.3 Å². The molecule has 2 rings (SSSR count). The van der Waals surface area contributed by atoms with Crippen LogP contribution in [-0.4, -0.2) is 23.6 Å². The maximum Gasteiger partial charge on any atom is 0.237 e. The average molecular weight is 275 g/mol. The summed E-state index contributed by atoms with van der Waals surface area (Å²) in [6, 6.07) is 6.52. The van der Waals surface area contributed by atoms with Crippen LogP contribution in [0.15, 0.2) is 36.7 Å². The Morgan fingerprint density at radius 1 is 1.30 bits per heavy atom. The van der Waals surface area contributed by atoms with E-state index in [2.05, 4.69) is 15.3 Å². The molecule has 1 atom stereocenters. The summed E-state index contributed by atoms with van der Waals surface area (Å²) >= 11 is 0. The van der Waals surface area contributed by atoms with Crippen molar-refractivity contribution in [3.05, 3.63) is 53.7 Å². The fourth-order valence-corrected chi connectivity index (χ4v) is 2.14. The first-order valence-electron chi connectivity index (χ1n) is 6.57. The summed E-state index contributed by atoms with van der Waals surface area (Å²) in [5.74, 6) is 0.263. The number of hydrogen-bond donors (Lipinski definition) is 1. The molecule has 0 fully saturated rings. The average Bonchev–Trinajstić information content (AvgIpc) is 2.47. The molecule has 1 heterocycles. The van der Waals surface area contributed by atoms with E-state index in [1.165, 1.54) is 12.1 Å². The number of hydrogen-bond acceptors (Lipinski definition) is 4. The lowest BCUT2D eigenvalue weighted by Gasteiger charge is -2.19. The fourth-order valence-electron chi connectivity index (χ4n) is 2.14. The summed E-state index contributed by atoms with van der Waals surface area (Å²) in [7, 11) is 1.57. The minimum Gasteiger partial charge on any atom is -0.480 e. The van der Waals surface area contributed by atoms with Crippen molar-refractivity contribution in [3.63, 3.8) is 0 Å². The van der Waals surface area contributed by atoms with Gasteiger partial charge in [-0.3, -0.25) is 4.98 Å². The summed E-state index contributed by atoms with van der Waals surface area (Å²) in [6.07, 6.45) is 3.85. The molecule has 0 radical (unpaired) electrons. The van der Waals surface area contributed by atoms with Crippen LogP contribution in [0.3, 0.4) is 0 Å².